The second-order valence-electron chi connectivity index (χ2n) is 4.95. The van der Waals surface area contributed by atoms with Crippen LogP contribution in [0, 0.1) is 11.6 Å². The molecule has 1 saturated heterocycles. The van der Waals surface area contributed by atoms with E-state index in [0.29, 0.717) is 19.8 Å². The number of hydrogen-bond acceptors (Lipinski definition) is 3. The monoisotopic (exact) mass is 285 g/mol. The third-order valence-corrected chi connectivity index (χ3v) is 3.43. The molecule has 1 aliphatic rings. The summed E-state index contributed by atoms with van der Waals surface area (Å²) in [4.78, 5) is 0. The number of rotatable bonds is 6. The van der Waals surface area contributed by atoms with E-state index in [4.69, 9.17) is 9.47 Å². The highest BCUT2D eigenvalue weighted by molar-refractivity contribution is 5.21. The van der Waals surface area contributed by atoms with E-state index in [1.165, 1.54) is 18.2 Å². The molecule has 1 aromatic carbocycles. The SMILES string of the molecule is CCCNC(Cc1c(F)cccc1F)C1COCCO1. The minimum Gasteiger partial charge on any atom is -0.376 e. The maximum Gasteiger partial charge on any atom is 0.129 e. The summed E-state index contributed by atoms with van der Waals surface area (Å²) in [5.41, 5.74) is 0.107. The van der Waals surface area contributed by atoms with Crippen molar-refractivity contribution in [3.8, 4) is 0 Å². The highest BCUT2D eigenvalue weighted by Crippen LogP contribution is 2.17. The van der Waals surface area contributed by atoms with Crippen LogP contribution in [0.15, 0.2) is 18.2 Å². The van der Waals surface area contributed by atoms with Gasteiger partial charge in [0.25, 0.3) is 0 Å². The van der Waals surface area contributed by atoms with Crippen molar-refractivity contribution < 1.29 is 18.3 Å². The van der Waals surface area contributed by atoms with Crippen LogP contribution in [0.5, 0.6) is 0 Å². The van der Waals surface area contributed by atoms with Gasteiger partial charge in [-0.15, -0.1) is 0 Å². The predicted octanol–water partition coefficient (Wildman–Crippen LogP) is 2.29. The zero-order chi connectivity index (χ0) is 14.4. The van der Waals surface area contributed by atoms with E-state index >= 15 is 0 Å². The first-order valence-electron chi connectivity index (χ1n) is 7.08. The van der Waals surface area contributed by atoms with Crippen molar-refractivity contribution in [2.45, 2.75) is 31.9 Å². The van der Waals surface area contributed by atoms with Crippen LogP contribution < -0.4 is 5.32 Å². The summed E-state index contributed by atoms with van der Waals surface area (Å²) in [6, 6.07) is 3.80. The van der Waals surface area contributed by atoms with Gasteiger partial charge in [0.1, 0.15) is 11.6 Å². The van der Waals surface area contributed by atoms with Crippen molar-refractivity contribution in [2.24, 2.45) is 0 Å². The number of benzene rings is 1. The van der Waals surface area contributed by atoms with Gasteiger partial charge < -0.3 is 14.8 Å². The molecule has 2 rings (SSSR count). The quantitative estimate of drug-likeness (QED) is 0.870. The first kappa shape index (κ1) is 15.4. The molecule has 0 saturated carbocycles. The minimum atomic E-state index is -0.509. The smallest absolute Gasteiger partial charge is 0.129 e. The van der Waals surface area contributed by atoms with Crippen molar-refractivity contribution in [2.75, 3.05) is 26.4 Å². The lowest BCUT2D eigenvalue weighted by molar-refractivity contribution is -0.101. The lowest BCUT2D eigenvalue weighted by atomic mass is 10.00. The average Bonchev–Trinajstić information content (AvgIpc) is 2.47. The Morgan fingerprint density at radius 3 is 2.65 bits per heavy atom. The summed E-state index contributed by atoms with van der Waals surface area (Å²) in [7, 11) is 0. The number of hydrogen-bond donors (Lipinski definition) is 1. The lowest BCUT2D eigenvalue weighted by Gasteiger charge is -2.31. The van der Waals surface area contributed by atoms with Crippen molar-refractivity contribution in [1.29, 1.82) is 0 Å². The van der Waals surface area contributed by atoms with Crippen LogP contribution in [0.1, 0.15) is 18.9 Å². The Morgan fingerprint density at radius 2 is 2.05 bits per heavy atom. The summed E-state index contributed by atoms with van der Waals surface area (Å²) in [5, 5.41) is 3.30. The largest absolute Gasteiger partial charge is 0.376 e. The molecule has 0 aromatic heterocycles. The molecule has 3 nitrogen and oxygen atoms in total. The van der Waals surface area contributed by atoms with Gasteiger partial charge in [-0.3, -0.25) is 0 Å². The van der Waals surface area contributed by atoms with Gasteiger partial charge in [0.05, 0.1) is 25.9 Å². The summed E-state index contributed by atoms with van der Waals surface area (Å²) >= 11 is 0. The van der Waals surface area contributed by atoms with E-state index in [1.54, 1.807) is 0 Å². The van der Waals surface area contributed by atoms with Crippen LogP contribution >= 0.6 is 0 Å². The van der Waals surface area contributed by atoms with Gasteiger partial charge in [-0.1, -0.05) is 13.0 Å². The standard InChI is InChI=1S/C15H21F2NO2/c1-2-6-18-14(15-10-19-7-8-20-15)9-11-12(16)4-3-5-13(11)17/h3-5,14-15,18H,2,6-10H2,1H3. The number of nitrogens with one attached hydrogen (secondary N) is 1. The highest BCUT2D eigenvalue weighted by Gasteiger charge is 2.26. The summed E-state index contributed by atoms with van der Waals surface area (Å²) in [5.74, 6) is -1.02. The molecular weight excluding hydrogens is 264 g/mol. The van der Waals surface area contributed by atoms with E-state index < -0.39 is 11.6 Å². The lowest BCUT2D eigenvalue weighted by Crippen LogP contribution is -2.48. The van der Waals surface area contributed by atoms with Crippen molar-refractivity contribution in [1.82, 2.24) is 5.32 Å². The van der Waals surface area contributed by atoms with Crippen molar-refractivity contribution >= 4 is 0 Å². The Morgan fingerprint density at radius 1 is 1.30 bits per heavy atom. The fourth-order valence-corrected chi connectivity index (χ4v) is 2.35. The number of halogens is 2. The fraction of sp³-hybridized carbons (Fsp3) is 0.600. The molecule has 0 radical (unpaired) electrons. The zero-order valence-corrected chi connectivity index (χ0v) is 11.7. The molecule has 1 aromatic rings. The molecule has 2 unspecified atom stereocenters. The predicted molar refractivity (Wildman–Crippen MR) is 72.7 cm³/mol. The molecule has 112 valence electrons. The topological polar surface area (TPSA) is 30.5 Å². The third kappa shape index (κ3) is 3.98. The molecule has 0 aliphatic carbocycles. The van der Waals surface area contributed by atoms with E-state index in [0.717, 1.165) is 13.0 Å². The van der Waals surface area contributed by atoms with Gasteiger partial charge in [0.15, 0.2) is 0 Å². The van der Waals surface area contributed by atoms with Crippen molar-refractivity contribution in [3.05, 3.63) is 35.4 Å². The van der Waals surface area contributed by atoms with Gasteiger partial charge in [-0.25, -0.2) is 8.78 Å². The first-order valence-corrected chi connectivity index (χ1v) is 7.08. The van der Waals surface area contributed by atoms with E-state index in [2.05, 4.69) is 5.32 Å². The average molecular weight is 285 g/mol. The maximum atomic E-state index is 13.8. The summed E-state index contributed by atoms with van der Waals surface area (Å²) in [6.45, 7) is 4.38. The molecule has 1 aliphatic heterocycles. The van der Waals surface area contributed by atoms with Gasteiger partial charge >= 0.3 is 0 Å². The van der Waals surface area contributed by atoms with Crippen LogP contribution in [-0.2, 0) is 15.9 Å². The second kappa shape index (κ2) is 7.67. The molecule has 1 fully saturated rings. The van der Waals surface area contributed by atoms with Crippen LogP contribution in [0.3, 0.4) is 0 Å². The molecule has 1 heterocycles. The van der Waals surface area contributed by atoms with Gasteiger partial charge in [-0.2, -0.15) is 0 Å². The molecule has 0 amide bonds. The Labute approximate surface area is 118 Å². The molecule has 0 bridgehead atoms. The fourth-order valence-electron chi connectivity index (χ4n) is 2.35. The molecule has 20 heavy (non-hydrogen) atoms. The molecule has 1 N–H and O–H groups in total. The van der Waals surface area contributed by atoms with Gasteiger partial charge in [0.2, 0.25) is 0 Å². The molecule has 5 heteroatoms. The van der Waals surface area contributed by atoms with Crippen molar-refractivity contribution in [3.63, 3.8) is 0 Å². The Kier molecular flexibility index (Phi) is 5.88. The zero-order valence-electron chi connectivity index (χ0n) is 11.7. The van der Waals surface area contributed by atoms with Crippen LogP contribution in [-0.4, -0.2) is 38.5 Å². The van der Waals surface area contributed by atoms with Crippen LogP contribution in [0.4, 0.5) is 8.78 Å². The van der Waals surface area contributed by atoms with Gasteiger partial charge in [-0.05, 0) is 31.5 Å². The third-order valence-electron chi connectivity index (χ3n) is 3.43. The molecule has 0 spiro atoms. The minimum absolute atomic E-state index is 0.107. The normalized spacial score (nSPS) is 20.9. The number of ether oxygens (including phenoxy) is 2. The Balaban J connectivity index is 2.09. The maximum absolute atomic E-state index is 13.8. The highest BCUT2D eigenvalue weighted by atomic mass is 19.1. The molecule has 2 atom stereocenters. The van der Waals surface area contributed by atoms with E-state index in [-0.39, 0.29) is 24.1 Å². The van der Waals surface area contributed by atoms with Gasteiger partial charge in [0, 0.05) is 11.6 Å². The first-order chi connectivity index (χ1) is 9.72. The van der Waals surface area contributed by atoms with E-state index in [9.17, 15) is 8.78 Å². The molecular formula is C15H21F2NO2. The summed E-state index contributed by atoms with van der Waals surface area (Å²) < 4.78 is 38.6. The second-order valence-corrected chi connectivity index (χ2v) is 4.95. The Bertz CT molecular complexity index is 402. The van der Waals surface area contributed by atoms with Crippen LogP contribution in [0.25, 0.3) is 0 Å². The van der Waals surface area contributed by atoms with E-state index in [1.807, 2.05) is 6.92 Å². The van der Waals surface area contributed by atoms with Crippen LogP contribution in [0.2, 0.25) is 0 Å². The summed E-state index contributed by atoms with van der Waals surface area (Å²) in [6.07, 6.45) is 1.03. The Hall–Kier alpha value is -1.04.